The molecule has 0 bridgehead atoms. The number of aliphatic hydroxyl groups excluding tert-OH is 1. The standard InChI is InChI=1S/C8H9F3N2O/c1-4-2-3-13-7(12)5(4)6(14)8(9,10)11/h2-3,6,14H,1H3,(H2,12,13)/t6-/m1/s1. The van der Waals surface area contributed by atoms with Gasteiger partial charge < -0.3 is 10.8 Å². The minimum absolute atomic E-state index is 0.266. The molecule has 0 aliphatic heterocycles. The molecule has 3 N–H and O–H groups in total. The van der Waals surface area contributed by atoms with Gasteiger partial charge in [0.25, 0.3) is 0 Å². The summed E-state index contributed by atoms with van der Waals surface area (Å²) in [6.07, 6.45) is -6.00. The van der Waals surface area contributed by atoms with E-state index in [-0.39, 0.29) is 16.9 Å². The van der Waals surface area contributed by atoms with E-state index in [0.717, 1.165) is 0 Å². The minimum Gasteiger partial charge on any atom is -0.383 e. The number of nitrogen functional groups attached to an aromatic ring is 1. The molecule has 0 saturated heterocycles. The minimum atomic E-state index is -4.72. The summed E-state index contributed by atoms with van der Waals surface area (Å²) in [7, 11) is 0. The van der Waals surface area contributed by atoms with Crippen LogP contribution in [0.4, 0.5) is 19.0 Å². The molecule has 1 atom stereocenters. The number of nitrogens with two attached hydrogens (primary N) is 1. The number of hydrogen-bond donors (Lipinski definition) is 2. The lowest BCUT2D eigenvalue weighted by Crippen LogP contribution is -2.22. The third kappa shape index (κ3) is 1.95. The fourth-order valence-corrected chi connectivity index (χ4v) is 1.11. The lowest BCUT2D eigenvalue weighted by atomic mass is 10.0. The molecule has 0 unspecified atom stereocenters. The highest BCUT2D eigenvalue weighted by molar-refractivity contribution is 5.45. The van der Waals surface area contributed by atoms with Crippen LogP contribution < -0.4 is 5.73 Å². The second-order valence-corrected chi connectivity index (χ2v) is 2.87. The summed E-state index contributed by atoms with van der Waals surface area (Å²) in [5.74, 6) is -0.296. The van der Waals surface area contributed by atoms with Crippen molar-refractivity contribution in [3.63, 3.8) is 0 Å². The molecule has 14 heavy (non-hydrogen) atoms. The van der Waals surface area contributed by atoms with E-state index in [1.807, 2.05) is 0 Å². The van der Waals surface area contributed by atoms with Crippen molar-refractivity contribution < 1.29 is 18.3 Å². The van der Waals surface area contributed by atoms with E-state index >= 15 is 0 Å². The van der Waals surface area contributed by atoms with Crippen LogP contribution in [0, 0.1) is 6.92 Å². The van der Waals surface area contributed by atoms with Gasteiger partial charge in [-0.15, -0.1) is 0 Å². The molecule has 0 amide bonds. The SMILES string of the molecule is Cc1ccnc(N)c1[C@@H](O)C(F)(F)F. The van der Waals surface area contributed by atoms with Crippen LogP contribution >= 0.6 is 0 Å². The van der Waals surface area contributed by atoms with Crippen LogP contribution in [0.5, 0.6) is 0 Å². The van der Waals surface area contributed by atoms with Gasteiger partial charge >= 0.3 is 6.18 Å². The molecule has 78 valence electrons. The van der Waals surface area contributed by atoms with Gasteiger partial charge in [0, 0.05) is 11.8 Å². The number of aliphatic hydroxyl groups is 1. The van der Waals surface area contributed by atoms with E-state index in [9.17, 15) is 13.2 Å². The van der Waals surface area contributed by atoms with Gasteiger partial charge in [-0.05, 0) is 18.6 Å². The molecule has 0 saturated carbocycles. The average Bonchev–Trinajstić information content (AvgIpc) is 2.01. The quantitative estimate of drug-likeness (QED) is 0.733. The number of nitrogens with zero attached hydrogens (tertiary/aromatic N) is 1. The van der Waals surface area contributed by atoms with Gasteiger partial charge in [-0.25, -0.2) is 4.98 Å². The smallest absolute Gasteiger partial charge is 0.383 e. The number of pyridine rings is 1. The van der Waals surface area contributed by atoms with Crippen molar-refractivity contribution in [1.82, 2.24) is 4.98 Å². The fourth-order valence-electron chi connectivity index (χ4n) is 1.11. The molecule has 6 heteroatoms. The molecular formula is C8H9F3N2O. The molecule has 0 radical (unpaired) electrons. The average molecular weight is 206 g/mol. The zero-order chi connectivity index (χ0) is 10.9. The summed E-state index contributed by atoms with van der Waals surface area (Å²) in [5, 5.41) is 8.97. The first kappa shape index (κ1) is 10.8. The number of aromatic nitrogens is 1. The third-order valence-corrected chi connectivity index (χ3v) is 1.82. The lowest BCUT2D eigenvalue weighted by molar-refractivity contribution is -0.206. The van der Waals surface area contributed by atoms with Crippen LogP contribution in [0.2, 0.25) is 0 Å². The molecule has 1 heterocycles. The molecule has 1 rings (SSSR count). The van der Waals surface area contributed by atoms with Gasteiger partial charge in [0.1, 0.15) is 5.82 Å². The molecule has 3 nitrogen and oxygen atoms in total. The zero-order valence-electron chi connectivity index (χ0n) is 7.34. The lowest BCUT2D eigenvalue weighted by Gasteiger charge is -2.17. The molecule has 0 aliphatic carbocycles. The van der Waals surface area contributed by atoms with Crippen molar-refractivity contribution in [2.45, 2.75) is 19.2 Å². The first-order valence-corrected chi connectivity index (χ1v) is 3.79. The summed E-state index contributed by atoms with van der Waals surface area (Å²) in [6, 6.07) is 1.36. The van der Waals surface area contributed by atoms with Crippen molar-refractivity contribution in [3.05, 3.63) is 23.4 Å². The highest BCUT2D eigenvalue weighted by atomic mass is 19.4. The summed E-state index contributed by atoms with van der Waals surface area (Å²) in [5.41, 5.74) is 5.14. The summed E-state index contributed by atoms with van der Waals surface area (Å²) >= 11 is 0. The topological polar surface area (TPSA) is 59.1 Å². The Labute approximate surface area is 78.4 Å². The Hall–Kier alpha value is -1.30. The molecule has 1 aromatic heterocycles. The van der Waals surface area contributed by atoms with Crippen LogP contribution in [-0.4, -0.2) is 16.3 Å². The third-order valence-electron chi connectivity index (χ3n) is 1.82. The van der Waals surface area contributed by atoms with Gasteiger partial charge in [0.15, 0.2) is 6.10 Å². The fraction of sp³-hybridized carbons (Fsp3) is 0.375. The van der Waals surface area contributed by atoms with Gasteiger partial charge in [0.05, 0.1) is 0 Å². The Morgan fingerprint density at radius 3 is 2.50 bits per heavy atom. The van der Waals surface area contributed by atoms with Crippen LogP contribution in [0.15, 0.2) is 12.3 Å². The Morgan fingerprint density at radius 1 is 1.50 bits per heavy atom. The van der Waals surface area contributed by atoms with Crippen LogP contribution in [-0.2, 0) is 0 Å². The largest absolute Gasteiger partial charge is 0.418 e. The van der Waals surface area contributed by atoms with E-state index in [1.54, 1.807) is 0 Å². The van der Waals surface area contributed by atoms with Gasteiger partial charge in [-0.3, -0.25) is 0 Å². The number of rotatable bonds is 1. The van der Waals surface area contributed by atoms with Gasteiger partial charge in [-0.1, -0.05) is 0 Å². The molecular weight excluding hydrogens is 197 g/mol. The van der Waals surface area contributed by atoms with Crippen molar-refractivity contribution in [2.24, 2.45) is 0 Å². The van der Waals surface area contributed by atoms with Gasteiger partial charge in [0.2, 0.25) is 0 Å². The molecule has 1 aromatic rings. The monoisotopic (exact) mass is 206 g/mol. The Bertz CT molecular complexity index is 318. The first-order chi connectivity index (χ1) is 6.34. The summed E-state index contributed by atoms with van der Waals surface area (Å²) in [4.78, 5) is 3.49. The van der Waals surface area contributed by atoms with E-state index in [2.05, 4.69) is 4.98 Å². The van der Waals surface area contributed by atoms with E-state index in [1.165, 1.54) is 19.2 Å². The number of alkyl halides is 3. The van der Waals surface area contributed by atoms with Gasteiger partial charge in [-0.2, -0.15) is 13.2 Å². The van der Waals surface area contributed by atoms with Crippen molar-refractivity contribution >= 4 is 5.82 Å². The second-order valence-electron chi connectivity index (χ2n) is 2.87. The van der Waals surface area contributed by atoms with Crippen molar-refractivity contribution in [3.8, 4) is 0 Å². The van der Waals surface area contributed by atoms with Crippen LogP contribution in [0.25, 0.3) is 0 Å². The first-order valence-electron chi connectivity index (χ1n) is 3.79. The number of aryl methyl sites for hydroxylation is 1. The highest BCUT2D eigenvalue weighted by Crippen LogP contribution is 2.35. The molecule has 0 spiro atoms. The Balaban J connectivity index is 3.19. The van der Waals surface area contributed by atoms with Crippen LogP contribution in [0.3, 0.4) is 0 Å². The van der Waals surface area contributed by atoms with E-state index in [0.29, 0.717) is 0 Å². The normalized spacial score (nSPS) is 14.1. The maximum Gasteiger partial charge on any atom is 0.418 e. The molecule has 0 aliphatic rings. The maximum atomic E-state index is 12.2. The van der Waals surface area contributed by atoms with E-state index < -0.39 is 12.3 Å². The summed E-state index contributed by atoms with van der Waals surface area (Å²) in [6.45, 7) is 1.43. The number of anilines is 1. The summed E-state index contributed by atoms with van der Waals surface area (Å²) < 4.78 is 36.5. The highest BCUT2D eigenvalue weighted by Gasteiger charge is 2.41. The Morgan fingerprint density at radius 2 is 2.07 bits per heavy atom. The second kappa shape index (κ2) is 3.45. The number of halogens is 3. The van der Waals surface area contributed by atoms with Crippen molar-refractivity contribution in [2.75, 3.05) is 5.73 Å². The molecule has 0 fully saturated rings. The Kier molecular flexibility index (Phi) is 2.66. The molecule has 0 aromatic carbocycles. The predicted octanol–water partition coefficient (Wildman–Crippen LogP) is 1.57. The predicted molar refractivity (Wildman–Crippen MR) is 44.4 cm³/mol. The number of hydrogen-bond acceptors (Lipinski definition) is 3. The maximum absolute atomic E-state index is 12.2. The van der Waals surface area contributed by atoms with Crippen molar-refractivity contribution in [1.29, 1.82) is 0 Å². The van der Waals surface area contributed by atoms with Crippen LogP contribution in [0.1, 0.15) is 17.2 Å². The zero-order valence-corrected chi connectivity index (χ0v) is 7.34. The van der Waals surface area contributed by atoms with E-state index in [4.69, 9.17) is 10.8 Å².